The van der Waals surface area contributed by atoms with Gasteiger partial charge in [-0.05, 0) is 0 Å². The Balaban J connectivity index is 2.00. The van der Waals surface area contributed by atoms with Gasteiger partial charge in [-0.2, -0.15) is 9.67 Å². The second-order valence-corrected chi connectivity index (χ2v) is 5.42. The van der Waals surface area contributed by atoms with Crippen LogP contribution in [0.2, 0.25) is 0 Å². The summed E-state index contributed by atoms with van der Waals surface area (Å²) in [5, 5.41) is 26.6. The van der Waals surface area contributed by atoms with Gasteiger partial charge in [0, 0.05) is 20.5 Å². The van der Waals surface area contributed by atoms with Crippen molar-refractivity contribution in [3.63, 3.8) is 0 Å². The Morgan fingerprint density at radius 1 is 1.57 bits per heavy atom. The van der Waals surface area contributed by atoms with Gasteiger partial charge in [-0.15, -0.1) is 5.10 Å². The molecule has 1 fully saturated rings. The Kier molecular flexibility index (Phi) is 4.07. The van der Waals surface area contributed by atoms with Crippen LogP contribution in [0.4, 0.5) is 5.95 Å². The molecule has 1 aliphatic heterocycles. The summed E-state index contributed by atoms with van der Waals surface area (Å²) < 4.78 is 6.83. The van der Waals surface area contributed by atoms with Gasteiger partial charge in [0.05, 0.1) is 19.0 Å². The third-order valence-corrected chi connectivity index (χ3v) is 3.39. The lowest BCUT2D eigenvalue weighted by Gasteiger charge is -2.11. The molecule has 1 saturated heterocycles. The van der Waals surface area contributed by atoms with E-state index in [1.165, 1.54) is 11.0 Å². The summed E-state index contributed by atoms with van der Waals surface area (Å²) in [4.78, 5) is 24.5. The van der Waals surface area contributed by atoms with Gasteiger partial charge in [0.25, 0.3) is 5.56 Å². The molecule has 3 heterocycles. The Morgan fingerprint density at radius 3 is 3.00 bits per heavy atom. The van der Waals surface area contributed by atoms with Gasteiger partial charge >= 0.3 is 0 Å². The van der Waals surface area contributed by atoms with Gasteiger partial charge < -0.3 is 19.8 Å². The molecule has 23 heavy (non-hydrogen) atoms. The maximum absolute atomic E-state index is 12.0. The van der Waals surface area contributed by atoms with Gasteiger partial charge in [0.1, 0.15) is 6.10 Å². The number of aliphatic hydroxyl groups is 2. The first-order valence-corrected chi connectivity index (χ1v) is 7.00. The second kappa shape index (κ2) is 6.02. The minimum Gasteiger partial charge on any atom is -0.394 e. The first-order valence-electron chi connectivity index (χ1n) is 7.00. The zero-order valence-electron chi connectivity index (χ0n) is 12.6. The van der Waals surface area contributed by atoms with Gasteiger partial charge in [0.2, 0.25) is 5.95 Å². The molecule has 3 atom stereocenters. The summed E-state index contributed by atoms with van der Waals surface area (Å²) in [6.45, 7) is -0.309. The first-order chi connectivity index (χ1) is 11.0. The van der Waals surface area contributed by atoms with E-state index in [4.69, 9.17) is 9.84 Å². The molecular weight excluding hydrogens is 306 g/mol. The van der Waals surface area contributed by atoms with Crippen LogP contribution in [0.3, 0.4) is 0 Å². The van der Waals surface area contributed by atoms with E-state index in [9.17, 15) is 9.90 Å². The maximum atomic E-state index is 12.0. The van der Waals surface area contributed by atoms with Crippen molar-refractivity contribution >= 4 is 23.5 Å². The van der Waals surface area contributed by atoms with Crippen LogP contribution < -0.4 is 5.56 Å². The molecule has 0 amide bonds. The highest BCUT2D eigenvalue weighted by atomic mass is 16.5. The number of hydrogen-bond acceptors (Lipinski definition) is 8. The number of ether oxygens (including phenoxy) is 1. The number of hydrogen-bond donors (Lipinski definition) is 3. The fourth-order valence-electron chi connectivity index (χ4n) is 2.28. The van der Waals surface area contributed by atoms with Crippen LogP contribution in [0.25, 0.3) is 11.2 Å². The van der Waals surface area contributed by atoms with Crippen molar-refractivity contribution in [1.82, 2.24) is 29.9 Å². The predicted octanol–water partition coefficient (Wildman–Crippen LogP) is -1.62. The van der Waals surface area contributed by atoms with E-state index in [1.807, 2.05) is 0 Å². The van der Waals surface area contributed by atoms with Crippen molar-refractivity contribution in [1.29, 1.82) is 0 Å². The highest BCUT2D eigenvalue weighted by molar-refractivity contribution is 5.70. The summed E-state index contributed by atoms with van der Waals surface area (Å²) in [7, 11) is 3.57. The molecule has 11 heteroatoms. The normalized spacial score (nSPS) is 24.8. The Hall–Kier alpha value is -2.37. The standard InChI is InChI=1S/C12H17N7O4/c1-18(2)5-13-12-14-10-9(11(22)15-12)16-17-19(10)8-3-6(21)7(4-20)23-8/h5-8,20-21H,3-4H2,1-2H3,(H,14,15,22)/b13-5+/t6?,7-,8-/m1/s1. The van der Waals surface area contributed by atoms with Gasteiger partial charge in [-0.25, -0.2) is 4.99 Å². The molecule has 1 aliphatic rings. The van der Waals surface area contributed by atoms with Crippen molar-refractivity contribution in [2.75, 3.05) is 20.7 Å². The fraction of sp³-hybridized carbons (Fsp3) is 0.583. The van der Waals surface area contributed by atoms with E-state index in [-0.39, 0.29) is 30.1 Å². The monoisotopic (exact) mass is 323 g/mol. The minimum absolute atomic E-state index is 0.0549. The summed E-state index contributed by atoms with van der Waals surface area (Å²) in [5.41, 5.74) is -0.209. The largest absolute Gasteiger partial charge is 0.394 e. The van der Waals surface area contributed by atoms with Crippen molar-refractivity contribution in [3.8, 4) is 0 Å². The molecule has 3 N–H and O–H groups in total. The van der Waals surface area contributed by atoms with Crippen LogP contribution in [0.1, 0.15) is 12.6 Å². The molecule has 2 aromatic heterocycles. The third-order valence-electron chi connectivity index (χ3n) is 3.39. The van der Waals surface area contributed by atoms with Gasteiger partial charge in [0.15, 0.2) is 17.4 Å². The molecule has 0 bridgehead atoms. The lowest BCUT2D eigenvalue weighted by Crippen LogP contribution is -2.24. The molecular formula is C12H17N7O4. The molecule has 3 rings (SSSR count). The van der Waals surface area contributed by atoms with Crippen LogP contribution in [0.15, 0.2) is 9.79 Å². The predicted molar refractivity (Wildman–Crippen MR) is 79.4 cm³/mol. The lowest BCUT2D eigenvalue weighted by molar-refractivity contribution is -0.0476. The number of H-pyrrole nitrogens is 1. The Labute approximate surface area is 130 Å². The molecule has 1 unspecified atom stereocenters. The summed E-state index contributed by atoms with van der Waals surface area (Å²) >= 11 is 0. The van der Waals surface area contributed by atoms with Crippen molar-refractivity contribution in [2.45, 2.75) is 24.9 Å². The number of aromatic amines is 1. The zero-order chi connectivity index (χ0) is 16.6. The number of rotatable bonds is 4. The van der Waals surface area contributed by atoms with Gasteiger partial charge in [-0.3, -0.25) is 9.78 Å². The quantitative estimate of drug-likeness (QED) is 0.450. The van der Waals surface area contributed by atoms with E-state index in [0.717, 1.165) is 0 Å². The number of nitrogens with zero attached hydrogens (tertiary/aromatic N) is 6. The molecule has 0 spiro atoms. The number of aromatic nitrogens is 5. The van der Waals surface area contributed by atoms with E-state index in [2.05, 4.69) is 25.3 Å². The smallest absolute Gasteiger partial charge is 0.282 e. The van der Waals surface area contributed by atoms with Crippen molar-refractivity contribution in [2.24, 2.45) is 4.99 Å². The van der Waals surface area contributed by atoms with Crippen LogP contribution in [-0.4, -0.2) is 79.3 Å². The summed E-state index contributed by atoms with van der Waals surface area (Å²) in [6, 6.07) is 0. The Bertz CT molecular complexity index is 783. The van der Waals surface area contributed by atoms with Crippen molar-refractivity contribution < 1.29 is 14.9 Å². The summed E-state index contributed by atoms with van der Waals surface area (Å²) in [5.74, 6) is 0.108. The molecule has 0 radical (unpaired) electrons. The number of aliphatic hydroxyl groups excluding tert-OH is 2. The highest BCUT2D eigenvalue weighted by Gasteiger charge is 2.36. The first kappa shape index (κ1) is 15.5. The van der Waals surface area contributed by atoms with E-state index in [0.29, 0.717) is 0 Å². The number of nitrogens with one attached hydrogen (secondary N) is 1. The molecule has 2 aromatic rings. The molecule has 0 aromatic carbocycles. The highest BCUT2D eigenvalue weighted by Crippen LogP contribution is 2.29. The number of fused-ring (bicyclic) bond motifs is 1. The van der Waals surface area contributed by atoms with Crippen LogP contribution >= 0.6 is 0 Å². The second-order valence-electron chi connectivity index (χ2n) is 5.42. The molecule has 0 saturated carbocycles. The average Bonchev–Trinajstić information content (AvgIpc) is 3.08. The van der Waals surface area contributed by atoms with E-state index in [1.54, 1.807) is 19.0 Å². The van der Waals surface area contributed by atoms with Crippen LogP contribution in [-0.2, 0) is 4.74 Å². The molecule has 124 valence electrons. The van der Waals surface area contributed by atoms with E-state index < -0.39 is 24.0 Å². The van der Waals surface area contributed by atoms with Gasteiger partial charge in [-0.1, -0.05) is 5.21 Å². The van der Waals surface area contributed by atoms with E-state index >= 15 is 0 Å². The topological polar surface area (TPSA) is 142 Å². The molecule has 0 aliphatic carbocycles. The number of aliphatic imine (C=N–C) groups is 1. The SMILES string of the molecule is CN(C)/C=N/c1nc2c(nnn2[C@H]2CC(O)[C@@H](CO)O2)c(=O)[nH]1. The van der Waals surface area contributed by atoms with Crippen LogP contribution in [0, 0.1) is 0 Å². The zero-order valence-corrected chi connectivity index (χ0v) is 12.6. The average molecular weight is 323 g/mol. The maximum Gasteiger partial charge on any atom is 0.282 e. The van der Waals surface area contributed by atoms with Crippen molar-refractivity contribution in [3.05, 3.63) is 10.4 Å². The summed E-state index contributed by atoms with van der Waals surface area (Å²) in [6.07, 6.45) is -0.471. The molecule has 11 nitrogen and oxygen atoms in total. The fourth-order valence-corrected chi connectivity index (χ4v) is 2.28. The van der Waals surface area contributed by atoms with Crippen LogP contribution in [0.5, 0.6) is 0 Å². The Morgan fingerprint density at radius 2 is 2.35 bits per heavy atom. The lowest BCUT2D eigenvalue weighted by atomic mass is 10.2. The third kappa shape index (κ3) is 2.93. The minimum atomic E-state index is -0.822.